The number of nitrogens with one attached hydrogen (secondary N) is 1. The van der Waals surface area contributed by atoms with Gasteiger partial charge >= 0.3 is 0 Å². The van der Waals surface area contributed by atoms with Crippen molar-refractivity contribution in [1.29, 1.82) is 0 Å². The molecule has 3 fully saturated rings. The highest BCUT2D eigenvalue weighted by atomic mass is 127. The van der Waals surface area contributed by atoms with Gasteiger partial charge in [0.05, 0.1) is 20.3 Å². The third-order valence-corrected chi connectivity index (χ3v) is 7.42. The van der Waals surface area contributed by atoms with Gasteiger partial charge in [-0.2, -0.15) is 0 Å². The summed E-state index contributed by atoms with van der Waals surface area (Å²) in [5.74, 6) is 3.22. The zero-order chi connectivity index (χ0) is 21.1. The quantitative estimate of drug-likeness (QED) is 0.319. The molecule has 31 heavy (non-hydrogen) atoms. The molecule has 1 N–H and O–H groups in total. The summed E-state index contributed by atoms with van der Waals surface area (Å²) < 4.78 is 17.0. The van der Waals surface area contributed by atoms with Crippen LogP contribution in [0.3, 0.4) is 0 Å². The molecule has 1 heterocycles. The number of ether oxygens (including phenoxy) is 3. The maximum Gasteiger partial charge on any atom is 0.193 e. The highest BCUT2D eigenvalue weighted by Crippen LogP contribution is 2.60. The molecule has 1 aliphatic heterocycles. The summed E-state index contributed by atoms with van der Waals surface area (Å²) in [6.45, 7) is 4.71. The van der Waals surface area contributed by atoms with E-state index in [9.17, 15) is 0 Å². The lowest BCUT2D eigenvalue weighted by atomic mass is 9.54. The van der Waals surface area contributed by atoms with Crippen LogP contribution in [-0.4, -0.2) is 64.0 Å². The third-order valence-electron chi connectivity index (χ3n) is 7.42. The van der Waals surface area contributed by atoms with E-state index in [4.69, 9.17) is 19.2 Å². The van der Waals surface area contributed by atoms with Crippen LogP contribution in [0.15, 0.2) is 23.2 Å². The van der Waals surface area contributed by atoms with E-state index in [2.05, 4.69) is 36.3 Å². The highest BCUT2D eigenvalue weighted by Gasteiger charge is 2.65. The zero-order valence-corrected chi connectivity index (χ0v) is 21.7. The summed E-state index contributed by atoms with van der Waals surface area (Å²) in [4.78, 5) is 7.10. The second-order valence-electron chi connectivity index (χ2n) is 8.97. The number of hydrogen-bond donors (Lipinski definition) is 1. The topological polar surface area (TPSA) is 55.3 Å². The molecule has 1 saturated heterocycles. The average molecular weight is 543 g/mol. The molecule has 174 valence electrons. The van der Waals surface area contributed by atoms with Gasteiger partial charge in [-0.05, 0) is 50.3 Å². The zero-order valence-electron chi connectivity index (χ0n) is 19.4. The van der Waals surface area contributed by atoms with Gasteiger partial charge in [-0.15, -0.1) is 24.0 Å². The van der Waals surface area contributed by atoms with Crippen LogP contribution < -0.4 is 14.8 Å². The molecule has 3 unspecified atom stereocenters. The van der Waals surface area contributed by atoms with Gasteiger partial charge in [0, 0.05) is 44.1 Å². The van der Waals surface area contributed by atoms with E-state index in [1.165, 1.54) is 37.7 Å². The Kier molecular flexibility index (Phi) is 8.35. The molecular formula is C24H38IN3O3. The second-order valence-corrected chi connectivity index (χ2v) is 8.97. The number of likely N-dealkylation sites (N-methyl/N-ethyl adjacent to an activating group) is 1. The minimum absolute atomic E-state index is 0. The van der Waals surface area contributed by atoms with Crippen LogP contribution >= 0.6 is 24.0 Å². The van der Waals surface area contributed by atoms with Crippen LogP contribution in [-0.2, 0) is 11.2 Å². The Balaban J connectivity index is 0.00000272. The van der Waals surface area contributed by atoms with Crippen LogP contribution in [0.4, 0.5) is 0 Å². The number of guanidine groups is 1. The van der Waals surface area contributed by atoms with Gasteiger partial charge in [-0.1, -0.05) is 18.9 Å². The minimum atomic E-state index is 0. The SMILES string of the molecule is CCN=C(NC1C2CCOC2C12CCCC2)N(C)CCc1ccc(OC)c(OC)c1.I. The molecule has 0 bridgehead atoms. The van der Waals surface area contributed by atoms with E-state index in [1.807, 2.05) is 6.07 Å². The van der Waals surface area contributed by atoms with Crippen molar-refractivity contribution in [1.82, 2.24) is 10.2 Å². The molecule has 2 saturated carbocycles. The number of benzene rings is 1. The predicted octanol–water partition coefficient (Wildman–Crippen LogP) is 4.11. The number of rotatable bonds is 7. The van der Waals surface area contributed by atoms with Gasteiger partial charge in [0.25, 0.3) is 0 Å². The van der Waals surface area contributed by atoms with Crippen LogP contribution in [0, 0.1) is 11.3 Å². The van der Waals surface area contributed by atoms with Gasteiger partial charge in [-0.3, -0.25) is 4.99 Å². The lowest BCUT2D eigenvalue weighted by Gasteiger charge is -2.57. The van der Waals surface area contributed by atoms with Gasteiger partial charge in [-0.25, -0.2) is 0 Å². The molecule has 3 atom stereocenters. The molecular weight excluding hydrogens is 505 g/mol. The van der Waals surface area contributed by atoms with Crippen molar-refractivity contribution in [3.05, 3.63) is 23.8 Å². The number of aliphatic imine (C=N–C) groups is 1. The first-order valence-corrected chi connectivity index (χ1v) is 11.5. The van der Waals surface area contributed by atoms with Crippen LogP contribution in [0.1, 0.15) is 44.6 Å². The van der Waals surface area contributed by atoms with Gasteiger partial charge in [0.2, 0.25) is 0 Å². The molecule has 1 aromatic carbocycles. The lowest BCUT2D eigenvalue weighted by molar-refractivity contribution is -0.125. The summed E-state index contributed by atoms with van der Waals surface area (Å²) in [6.07, 6.45) is 7.82. The second kappa shape index (κ2) is 10.6. The summed E-state index contributed by atoms with van der Waals surface area (Å²) in [6, 6.07) is 6.66. The number of hydrogen-bond acceptors (Lipinski definition) is 4. The van der Waals surface area contributed by atoms with E-state index in [-0.39, 0.29) is 24.0 Å². The lowest BCUT2D eigenvalue weighted by Crippen LogP contribution is -2.69. The average Bonchev–Trinajstić information content (AvgIpc) is 3.43. The van der Waals surface area contributed by atoms with Crippen molar-refractivity contribution < 1.29 is 14.2 Å². The Bertz CT molecular complexity index is 766. The fraction of sp³-hybridized carbons (Fsp3) is 0.708. The Hall–Kier alpha value is -1.22. The van der Waals surface area contributed by atoms with Crippen LogP contribution in [0.5, 0.6) is 11.5 Å². The number of fused-ring (bicyclic) bond motifs is 2. The first kappa shape index (κ1) is 24.4. The molecule has 2 aliphatic carbocycles. The Morgan fingerprint density at radius 1 is 1.23 bits per heavy atom. The summed E-state index contributed by atoms with van der Waals surface area (Å²) in [5.41, 5.74) is 1.57. The molecule has 0 aromatic heterocycles. The minimum Gasteiger partial charge on any atom is -0.493 e. The Morgan fingerprint density at radius 2 is 1.97 bits per heavy atom. The largest absolute Gasteiger partial charge is 0.493 e. The van der Waals surface area contributed by atoms with Gasteiger partial charge in [0.15, 0.2) is 17.5 Å². The smallest absolute Gasteiger partial charge is 0.193 e. The summed E-state index contributed by atoms with van der Waals surface area (Å²) in [7, 11) is 5.49. The summed E-state index contributed by atoms with van der Waals surface area (Å²) >= 11 is 0. The standard InChI is InChI=1S/C24H37N3O3.HI/c1-5-25-23(26-21-18-11-15-30-22(18)24(21)12-6-7-13-24)27(2)14-10-17-8-9-19(28-3)20(16-17)29-4;/h8-9,16,18,21-22H,5-7,10-15H2,1-4H3,(H,25,26);1H. The predicted molar refractivity (Wildman–Crippen MR) is 135 cm³/mol. The number of nitrogens with zero attached hydrogens (tertiary/aromatic N) is 2. The molecule has 3 aliphatic rings. The Labute approximate surface area is 204 Å². The molecule has 6 nitrogen and oxygen atoms in total. The van der Waals surface area contributed by atoms with Crippen molar-refractivity contribution in [3.63, 3.8) is 0 Å². The van der Waals surface area contributed by atoms with Crippen LogP contribution in [0.2, 0.25) is 0 Å². The fourth-order valence-electron chi connectivity index (χ4n) is 5.91. The number of methoxy groups -OCH3 is 2. The van der Waals surface area contributed by atoms with E-state index in [0.717, 1.165) is 43.6 Å². The van der Waals surface area contributed by atoms with Crippen molar-refractivity contribution in [2.24, 2.45) is 16.3 Å². The maximum absolute atomic E-state index is 6.15. The first-order chi connectivity index (χ1) is 14.6. The van der Waals surface area contributed by atoms with E-state index in [1.54, 1.807) is 14.2 Å². The van der Waals surface area contributed by atoms with Crippen molar-refractivity contribution in [3.8, 4) is 11.5 Å². The van der Waals surface area contributed by atoms with E-state index >= 15 is 0 Å². The molecule has 1 aromatic rings. The van der Waals surface area contributed by atoms with E-state index < -0.39 is 0 Å². The number of halogens is 1. The fourth-order valence-corrected chi connectivity index (χ4v) is 5.91. The van der Waals surface area contributed by atoms with Gasteiger partial charge < -0.3 is 24.4 Å². The van der Waals surface area contributed by atoms with E-state index in [0.29, 0.717) is 23.5 Å². The normalized spacial score (nSPS) is 26.1. The van der Waals surface area contributed by atoms with Crippen LogP contribution in [0.25, 0.3) is 0 Å². The van der Waals surface area contributed by atoms with Crippen molar-refractivity contribution in [2.45, 2.75) is 57.6 Å². The molecule has 4 rings (SSSR count). The molecule has 0 radical (unpaired) electrons. The molecule has 1 spiro atoms. The highest BCUT2D eigenvalue weighted by molar-refractivity contribution is 14.0. The monoisotopic (exact) mass is 543 g/mol. The molecule has 0 amide bonds. The Morgan fingerprint density at radius 3 is 2.65 bits per heavy atom. The maximum atomic E-state index is 6.15. The van der Waals surface area contributed by atoms with Crippen molar-refractivity contribution >= 4 is 29.9 Å². The third kappa shape index (κ3) is 4.63. The van der Waals surface area contributed by atoms with Crippen molar-refractivity contribution in [2.75, 3.05) is 41.0 Å². The molecule has 7 heteroatoms. The van der Waals surface area contributed by atoms with Gasteiger partial charge in [0.1, 0.15) is 0 Å². The first-order valence-electron chi connectivity index (χ1n) is 11.5. The summed E-state index contributed by atoms with van der Waals surface area (Å²) in [5, 5.41) is 3.89.